The zero-order chi connectivity index (χ0) is 7.68. The van der Waals surface area contributed by atoms with Gasteiger partial charge in [-0.15, -0.1) is 0 Å². The van der Waals surface area contributed by atoms with E-state index in [9.17, 15) is 5.11 Å². The lowest BCUT2D eigenvalue weighted by atomic mass is 10.3. The molecule has 0 aliphatic carbocycles. The smallest absolute Gasteiger partial charge is 0.109 e. The molecule has 0 spiro atoms. The van der Waals surface area contributed by atoms with Crippen molar-refractivity contribution in [3.05, 3.63) is 42.2 Å². The molecule has 2 aromatic heterocycles. The highest BCUT2D eigenvalue weighted by Gasteiger charge is 1.98. The van der Waals surface area contributed by atoms with Gasteiger partial charge in [-0.3, -0.25) is 0 Å². The third-order valence-electron chi connectivity index (χ3n) is 1.81. The minimum atomic E-state index is -0.138. The topological polar surface area (TPSA) is 24.3 Å². The molecule has 0 amide bonds. The minimum Gasteiger partial charge on any atom is -0.323 e. The maximum atomic E-state index is 10.6. The van der Waals surface area contributed by atoms with Crippen LogP contribution in [0.25, 0.3) is 5.52 Å². The van der Waals surface area contributed by atoms with Crippen LogP contribution in [0.3, 0.4) is 0 Å². The Hall–Kier alpha value is -1.28. The molecule has 0 N–H and O–H groups in total. The second-order valence-electron chi connectivity index (χ2n) is 2.48. The number of fused-ring (bicyclic) bond motifs is 1. The normalized spacial score (nSPS) is 10.6. The molecule has 0 fully saturated rings. The summed E-state index contributed by atoms with van der Waals surface area (Å²) < 4.78 is 1.95. The van der Waals surface area contributed by atoms with Crippen molar-refractivity contribution in [3.8, 4) is 0 Å². The first-order valence-electron chi connectivity index (χ1n) is 3.54. The van der Waals surface area contributed by atoms with Crippen LogP contribution >= 0.6 is 0 Å². The summed E-state index contributed by atoms with van der Waals surface area (Å²) in [7, 11) is 0. The van der Waals surface area contributed by atoms with Crippen molar-refractivity contribution in [1.29, 1.82) is 0 Å². The molecule has 1 radical (unpaired) electrons. The fourth-order valence-corrected chi connectivity index (χ4v) is 1.24. The molecule has 2 nitrogen and oxygen atoms in total. The number of pyridine rings is 1. The predicted molar refractivity (Wildman–Crippen MR) is 41.8 cm³/mol. The monoisotopic (exact) mass is 146 g/mol. The van der Waals surface area contributed by atoms with Crippen LogP contribution in [0.15, 0.2) is 36.7 Å². The molecule has 11 heavy (non-hydrogen) atoms. The highest BCUT2D eigenvalue weighted by molar-refractivity contribution is 5.54. The average molecular weight is 146 g/mol. The zero-order valence-electron chi connectivity index (χ0n) is 6.03. The molecule has 2 heteroatoms. The number of hydrogen-bond donors (Lipinski definition) is 0. The van der Waals surface area contributed by atoms with E-state index >= 15 is 0 Å². The van der Waals surface area contributed by atoms with Crippen LogP contribution in [0, 0.1) is 0 Å². The summed E-state index contributed by atoms with van der Waals surface area (Å²) in [5.41, 5.74) is 1.88. The van der Waals surface area contributed by atoms with Gasteiger partial charge in [-0.25, -0.2) is 5.11 Å². The van der Waals surface area contributed by atoms with Crippen molar-refractivity contribution >= 4 is 5.52 Å². The van der Waals surface area contributed by atoms with E-state index in [1.165, 1.54) is 0 Å². The number of aromatic nitrogens is 1. The van der Waals surface area contributed by atoms with Crippen LogP contribution in [0.2, 0.25) is 0 Å². The molecular weight excluding hydrogens is 138 g/mol. The molecule has 0 unspecified atom stereocenters. The molecule has 55 valence electrons. The van der Waals surface area contributed by atoms with E-state index in [1.54, 1.807) is 0 Å². The maximum Gasteiger partial charge on any atom is 0.109 e. The van der Waals surface area contributed by atoms with Crippen LogP contribution in [0.1, 0.15) is 5.56 Å². The average Bonchev–Trinajstić information content (AvgIpc) is 2.47. The van der Waals surface area contributed by atoms with Gasteiger partial charge in [0.2, 0.25) is 0 Å². The third kappa shape index (κ3) is 0.917. The van der Waals surface area contributed by atoms with E-state index in [4.69, 9.17) is 0 Å². The zero-order valence-corrected chi connectivity index (χ0v) is 6.03. The molecule has 0 aromatic carbocycles. The SMILES string of the molecule is [O]Cc1ccn2ccccc12. The molecule has 2 heterocycles. The predicted octanol–water partition coefficient (Wildman–Crippen LogP) is 1.87. The van der Waals surface area contributed by atoms with E-state index < -0.39 is 0 Å². The van der Waals surface area contributed by atoms with Gasteiger partial charge in [0, 0.05) is 18.0 Å². The van der Waals surface area contributed by atoms with Gasteiger partial charge in [-0.05, 0) is 18.2 Å². The molecule has 0 aliphatic heterocycles. The Bertz CT molecular complexity index is 364. The lowest BCUT2D eigenvalue weighted by Gasteiger charge is -1.93. The Morgan fingerprint density at radius 1 is 1.18 bits per heavy atom. The fourth-order valence-electron chi connectivity index (χ4n) is 1.24. The fraction of sp³-hybridized carbons (Fsp3) is 0.111. The van der Waals surface area contributed by atoms with Gasteiger partial charge in [-0.1, -0.05) is 6.07 Å². The minimum absolute atomic E-state index is 0.138. The van der Waals surface area contributed by atoms with Gasteiger partial charge in [0.15, 0.2) is 0 Å². The first-order chi connectivity index (χ1) is 5.42. The van der Waals surface area contributed by atoms with Crippen LogP contribution in [0.4, 0.5) is 0 Å². The van der Waals surface area contributed by atoms with Crippen LogP contribution in [-0.4, -0.2) is 4.40 Å². The van der Waals surface area contributed by atoms with Crippen LogP contribution < -0.4 is 0 Å². The molecular formula is C9H8NO. The van der Waals surface area contributed by atoms with E-state index in [0.29, 0.717) is 0 Å². The first kappa shape index (κ1) is 6.43. The summed E-state index contributed by atoms with van der Waals surface area (Å²) in [6.07, 6.45) is 3.84. The summed E-state index contributed by atoms with van der Waals surface area (Å²) in [5.74, 6) is 0. The number of rotatable bonds is 1. The molecule has 0 saturated carbocycles. The largest absolute Gasteiger partial charge is 0.323 e. The van der Waals surface area contributed by atoms with Gasteiger partial charge in [0.25, 0.3) is 0 Å². The standard InChI is InChI=1S/C9H8NO/c11-7-8-4-6-10-5-2-1-3-9(8)10/h1-6H,7H2. The Kier molecular flexibility index (Phi) is 1.40. The lowest BCUT2D eigenvalue weighted by Crippen LogP contribution is -1.81. The van der Waals surface area contributed by atoms with Crippen LogP contribution in [-0.2, 0) is 11.7 Å². The molecule has 0 aliphatic rings. The van der Waals surface area contributed by atoms with E-state index in [-0.39, 0.29) is 6.61 Å². The quantitative estimate of drug-likeness (QED) is 0.586. The van der Waals surface area contributed by atoms with E-state index in [0.717, 1.165) is 11.1 Å². The number of nitrogens with zero attached hydrogens (tertiary/aromatic N) is 1. The van der Waals surface area contributed by atoms with Crippen molar-refractivity contribution in [2.75, 3.05) is 0 Å². The Labute approximate surface area is 64.7 Å². The molecule has 0 atom stereocenters. The van der Waals surface area contributed by atoms with Crippen molar-refractivity contribution in [3.63, 3.8) is 0 Å². The molecule has 2 aromatic rings. The molecule has 0 saturated heterocycles. The van der Waals surface area contributed by atoms with E-state index in [2.05, 4.69) is 0 Å². The summed E-state index contributed by atoms with van der Waals surface area (Å²) in [5, 5.41) is 10.6. The second-order valence-corrected chi connectivity index (χ2v) is 2.48. The Morgan fingerprint density at radius 3 is 2.91 bits per heavy atom. The number of hydrogen-bond acceptors (Lipinski definition) is 0. The molecule has 2 rings (SSSR count). The molecule has 0 bridgehead atoms. The lowest BCUT2D eigenvalue weighted by molar-refractivity contribution is 0.179. The second kappa shape index (κ2) is 2.40. The third-order valence-corrected chi connectivity index (χ3v) is 1.81. The summed E-state index contributed by atoms with van der Waals surface area (Å²) in [6, 6.07) is 7.70. The van der Waals surface area contributed by atoms with E-state index in [1.807, 2.05) is 41.1 Å². The highest BCUT2D eigenvalue weighted by atomic mass is 16.3. The highest BCUT2D eigenvalue weighted by Crippen LogP contribution is 2.11. The summed E-state index contributed by atoms with van der Waals surface area (Å²) in [6.45, 7) is -0.138. The Balaban J connectivity index is 2.76. The van der Waals surface area contributed by atoms with Gasteiger partial charge < -0.3 is 4.40 Å². The summed E-state index contributed by atoms with van der Waals surface area (Å²) in [4.78, 5) is 0. The van der Waals surface area contributed by atoms with Gasteiger partial charge in [0.1, 0.15) is 6.61 Å². The Morgan fingerprint density at radius 2 is 2.09 bits per heavy atom. The van der Waals surface area contributed by atoms with Gasteiger partial charge in [0.05, 0.1) is 5.52 Å². The summed E-state index contributed by atoms with van der Waals surface area (Å²) >= 11 is 0. The van der Waals surface area contributed by atoms with Gasteiger partial charge >= 0.3 is 0 Å². The maximum absolute atomic E-state index is 10.6. The van der Waals surface area contributed by atoms with Gasteiger partial charge in [-0.2, -0.15) is 0 Å². The van der Waals surface area contributed by atoms with Crippen molar-refractivity contribution in [1.82, 2.24) is 4.40 Å². The van der Waals surface area contributed by atoms with Crippen molar-refractivity contribution in [2.45, 2.75) is 6.61 Å². The van der Waals surface area contributed by atoms with Crippen molar-refractivity contribution in [2.24, 2.45) is 0 Å². The van der Waals surface area contributed by atoms with Crippen molar-refractivity contribution < 1.29 is 5.11 Å². The first-order valence-corrected chi connectivity index (χ1v) is 3.54. The van der Waals surface area contributed by atoms with Crippen LogP contribution in [0.5, 0.6) is 0 Å².